The molecule has 0 unspecified atom stereocenters. The molecule has 0 radical (unpaired) electrons. The molecule has 100 valence electrons. The highest BCUT2D eigenvalue weighted by atomic mass is 35.5. The monoisotopic (exact) mass is 288 g/mol. The molecule has 0 amide bonds. The summed E-state index contributed by atoms with van der Waals surface area (Å²) in [5, 5.41) is 8.13. The number of hydrogen-bond donors (Lipinski definition) is 0. The number of aromatic nitrogens is 4. The molecule has 0 aliphatic carbocycles. The number of benzene rings is 1. The standard InChI is InChI=1S/C14H10ClFN4/c15-9-13-18-19-14(10-5-7-17-8-6-10)20(13)12-4-2-1-3-11(12)16/h1-8H,9H2. The zero-order chi connectivity index (χ0) is 13.9. The molecule has 0 saturated carbocycles. The number of alkyl halides is 1. The molecule has 0 aliphatic rings. The number of nitrogens with zero attached hydrogens (tertiary/aromatic N) is 4. The van der Waals surface area contributed by atoms with Gasteiger partial charge in [-0.1, -0.05) is 12.1 Å². The van der Waals surface area contributed by atoms with Gasteiger partial charge in [0.15, 0.2) is 11.6 Å². The van der Waals surface area contributed by atoms with Crippen molar-refractivity contribution in [3.8, 4) is 17.1 Å². The van der Waals surface area contributed by atoms with Crippen LogP contribution in [-0.2, 0) is 5.88 Å². The highest BCUT2D eigenvalue weighted by Crippen LogP contribution is 2.24. The fourth-order valence-electron chi connectivity index (χ4n) is 1.98. The Balaban J connectivity index is 2.24. The van der Waals surface area contributed by atoms with Gasteiger partial charge in [-0.3, -0.25) is 9.55 Å². The molecule has 0 aliphatic heterocycles. The second-order valence-corrected chi connectivity index (χ2v) is 4.36. The first-order chi connectivity index (χ1) is 9.81. The number of para-hydroxylation sites is 1. The van der Waals surface area contributed by atoms with Crippen LogP contribution in [0.2, 0.25) is 0 Å². The minimum absolute atomic E-state index is 0.145. The van der Waals surface area contributed by atoms with Crippen molar-refractivity contribution < 1.29 is 4.39 Å². The molecule has 1 aromatic carbocycles. The van der Waals surface area contributed by atoms with E-state index in [1.54, 1.807) is 47.3 Å². The van der Waals surface area contributed by atoms with Crippen LogP contribution in [-0.4, -0.2) is 19.7 Å². The fraction of sp³-hybridized carbons (Fsp3) is 0.0714. The average Bonchev–Trinajstić information content (AvgIpc) is 2.92. The number of halogens is 2. The van der Waals surface area contributed by atoms with E-state index in [0.29, 0.717) is 17.3 Å². The second-order valence-electron chi connectivity index (χ2n) is 4.10. The van der Waals surface area contributed by atoms with Gasteiger partial charge in [0, 0.05) is 18.0 Å². The van der Waals surface area contributed by atoms with Crippen molar-refractivity contribution in [2.45, 2.75) is 5.88 Å². The molecule has 4 nitrogen and oxygen atoms in total. The molecule has 20 heavy (non-hydrogen) atoms. The predicted molar refractivity (Wildman–Crippen MR) is 74.1 cm³/mol. The summed E-state index contributed by atoms with van der Waals surface area (Å²) in [6.45, 7) is 0. The third-order valence-corrected chi connectivity index (χ3v) is 3.12. The second kappa shape index (κ2) is 5.38. The lowest BCUT2D eigenvalue weighted by molar-refractivity contribution is 0.616. The van der Waals surface area contributed by atoms with Crippen LogP contribution >= 0.6 is 11.6 Å². The normalized spacial score (nSPS) is 10.7. The van der Waals surface area contributed by atoms with Crippen molar-refractivity contribution in [3.63, 3.8) is 0 Å². The largest absolute Gasteiger partial charge is 0.275 e. The summed E-state index contributed by atoms with van der Waals surface area (Å²) < 4.78 is 15.7. The predicted octanol–water partition coefficient (Wildman–Crippen LogP) is 3.21. The first-order valence-corrected chi connectivity index (χ1v) is 6.50. The minimum atomic E-state index is -0.353. The Kier molecular flexibility index (Phi) is 3.43. The molecule has 3 rings (SSSR count). The van der Waals surface area contributed by atoms with Crippen LogP contribution in [0.15, 0.2) is 48.8 Å². The molecule has 0 bridgehead atoms. The maximum atomic E-state index is 14.0. The summed E-state index contributed by atoms with van der Waals surface area (Å²) in [5.74, 6) is 0.817. The summed E-state index contributed by atoms with van der Waals surface area (Å²) in [5.41, 5.74) is 1.17. The quantitative estimate of drug-likeness (QED) is 0.695. The molecule has 0 N–H and O–H groups in total. The summed E-state index contributed by atoms with van der Waals surface area (Å²) >= 11 is 5.88. The summed E-state index contributed by atoms with van der Waals surface area (Å²) in [6.07, 6.45) is 3.30. The Morgan fingerprint density at radius 1 is 1.05 bits per heavy atom. The Hall–Kier alpha value is -2.27. The van der Waals surface area contributed by atoms with Crippen molar-refractivity contribution in [1.82, 2.24) is 19.7 Å². The van der Waals surface area contributed by atoms with Crippen LogP contribution < -0.4 is 0 Å². The van der Waals surface area contributed by atoms with Crippen LogP contribution in [0, 0.1) is 5.82 Å². The van der Waals surface area contributed by atoms with Crippen LogP contribution in [0.1, 0.15) is 5.82 Å². The molecule has 2 aromatic heterocycles. The SMILES string of the molecule is Fc1ccccc1-n1c(CCl)nnc1-c1ccncc1. The number of pyridine rings is 1. The maximum Gasteiger partial charge on any atom is 0.168 e. The van der Waals surface area contributed by atoms with E-state index in [-0.39, 0.29) is 11.7 Å². The van der Waals surface area contributed by atoms with E-state index in [1.807, 2.05) is 0 Å². The summed E-state index contributed by atoms with van der Waals surface area (Å²) in [7, 11) is 0. The third-order valence-electron chi connectivity index (χ3n) is 2.88. The van der Waals surface area contributed by atoms with Gasteiger partial charge >= 0.3 is 0 Å². The van der Waals surface area contributed by atoms with E-state index in [0.717, 1.165) is 5.56 Å². The maximum absolute atomic E-state index is 14.0. The average molecular weight is 289 g/mol. The zero-order valence-corrected chi connectivity index (χ0v) is 11.1. The number of hydrogen-bond acceptors (Lipinski definition) is 3. The van der Waals surface area contributed by atoms with Crippen LogP contribution in [0.25, 0.3) is 17.1 Å². The molecule has 0 spiro atoms. The van der Waals surface area contributed by atoms with Gasteiger partial charge in [0.25, 0.3) is 0 Å². The minimum Gasteiger partial charge on any atom is -0.275 e. The fourth-order valence-corrected chi connectivity index (χ4v) is 2.15. The van der Waals surface area contributed by atoms with Crippen molar-refractivity contribution >= 4 is 11.6 Å². The van der Waals surface area contributed by atoms with Gasteiger partial charge in [-0.25, -0.2) is 4.39 Å². The van der Waals surface area contributed by atoms with Crippen LogP contribution in [0.4, 0.5) is 4.39 Å². The zero-order valence-electron chi connectivity index (χ0n) is 10.4. The van der Waals surface area contributed by atoms with E-state index in [4.69, 9.17) is 11.6 Å². The lowest BCUT2D eigenvalue weighted by Gasteiger charge is -2.10. The van der Waals surface area contributed by atoms with E-state index < -0.39 is 0 Å². The van der Waals surface area contributed by atoms with Crippen LogP contribution in [0.5, 0.6) is 0 Å². The van der Waals surface area contributed by atoms with Crippen LogP contribution in [0.3, 0.4) is 0 Å². The lowest BCUT2D eigenvalue weighted by Crippen LogP contribution is -2.04. The van der Waals surface area contributed by atoms with E-state index >= 15 is 0 Å². The van der Waals surface area contributed by atoms with Crippen molar-refractivity contribution in [2.24, 2.45) is 0 Å². The van der Waals surface area contributed by atoms with Gasteiger partial charge in [0.1, 0.15) is 5.82 Å². The Labute approximate surface area is 119 Å². The Morgan fingerprint density at radius 3 is 2.50 bits per heavy atom. The molecule has 6 heteroatoms. The highest BCUT2D eigenvalue weighted by Gasteiger charge is 2.17. The molecular formula is C14H10ClFN4. The molecular weight excluding hydrogens is 279 g/mol. The third kappa shape index (κ3) is 2.16. The molecule has 0 fully saturated rings. The molecule has 3 aromatic rings. The first-order valence-electron chi connectivity index (χ1n) is 5.97. The van der Waals surface area contributed by atoms with E-state index in [1.165, 1.54) is 6.07 Å². The van der Waals surface area contributed by atoms with Gasteiger partial charge in [-0.2, -0.15) is 0 Å². The van der Waals surface area contributed by atoms with E-state index in [2.05, 4.69) is 15.2 Å². The highest BCUT2D eigenvalue weighted by molar-refractivity contribution is 6.16. The van der Waals surface area contributed by atoms with Gasteiger partial charge in [0.05, 0.1) is 11.6 Å². The smallest absolute Gasteiger partial charge is 0.168 e. The first kappa shape index (κ1) is 12.7. The van der Waals surface area contributed by atoms with Gasteiger partial charge in [-0.15, -0.1) is 21.8 Å². The van der Waals surface area contributed by atoms with Gasteiger partial charge < -0.3 is 0 Å². The lowest BCUT2D eigenvalue weighted by atomic mass is 10.2. The molecule has 0 saturated heterocycles. The Bertz CT molecular complexity index is 727. The molecule has 0 atom stereocenters. The Morgan fingerprint density at radius 2 is 1.80 bits per heavy atom. The van der Waals surface area contributed by atoms with Crippen molar-refractivity contribution in [3.05, 3.63) is 60.4 Å². The summed E-state index contributed by atoms with van der Waals surface area (Å²) in [6, 6.07) is 10.0. The van der Waals surface area contributed by atoms with E-state index in [9.17, 15) is 4.39 Å². The van der Waals surface area contributed by atoms with Crippen molar-refractivity contribution in [1.29, 1.82) is 0 Å². The molecule has 2 heterocycles. The van der Waals surface area contributed by atoms with Crippen molar-refractivity contribution in [2.75, 3.05) is 0 Å². The number of rotatable bonds is 3. The topological polar surface area (TPSA) is 43.6 Å². The van der Waals surface area contributed by atoms with Gasteiger partial charge in [0.2, 0.25) is 0 Å². The van der Waals surface area contributed by atoms with Gasteiger partial charge in [-0.05, 0) is 24.3 Å². The summed E-state index contributed by atoms with van der Waals surface area (Å²) in [4.78, 5) is 3.96.